The van der Waals surface area contributed by atoms with Crippen LogP contribution in [0.1, 0.15) is 39.7 Å². The topological polar surface area (TPSA) is 29.1 Å². The summed E-state index contributed by atoms with van der Waals surface area (Å²) in [6.07, 6.45) is 0.336. The van der Waals surface area contributed by atoms with Crippen LogP contribution in [0.3, 0.4) is 0 Å². The summed E-state index contributed by atoms with van der Waals surface area (Å²) in [7, 11) is -1.35. The second-order valence-electron chi connectivity index (χ2n) is 5.62. The van der Waals surface area contributed by atoms with Gasteiger partial charge in [-0.05, 0) is 49.6 Å². The van der Waals surface area contributed by atoms with E-state index in [0.29, 0.717) is 6.42 Å². The Morgan fingerprint density at radius 3 is 2.27 bits per heavy atom. The third kappa shape index (κ3) is 4.62. The maximum Gasteiger partial charge on any atom is 0.126 e. The molecule has 0 bridgehead atoms. The van der Waals surface area contributed by atoms with Crippen molar-refractivity contribution in [2.75, 3.05) is 6.67 Å². The number of fused-ring (bicyclic) bond motifs is 1. The van der Waals surface area contributed by atoms with Crippen LogP contribution in [0, 0.1) is 6.92 Å². The first-order valence-corrected chi connectivity index (χ1v) is 8.83. The summed E-state index contributed by atoms with van der Waals surface area (Å²) in [5.74, 6) is 0. The van der Waals surface area contributed by atoms with Gasteiger partial charge in [0.05, 0.1) is 11.6 Å². The molecule has 0 radical (unpaired) electrons. The van der Waals surface area contributed by atoms with Crippen LogP contribution in [0.25, 0.3) is 10.8 Å². The molecule has 4 heteroatoms. The highest BCUT2D eigenvalue weighted by Gasteiger charge is 2.21. The van der Waals surface area contributed by atoms with Crippen molar-refractivity contribution in [2.24, 2.45) is 0 Å². The van der Waals surface area contributed by atoms with Crippen LogP contribution in [0.5, 0.6) is 0 Å². The van der Waals surface area contributed by atoms with Crippen molar-refractivity contribution < 1.29 is 8.60 Å². The van der Waals surface area contributed by atoms with Crippen molar-refractivity contribution in [1.29, 1.82) is 0 Å². The molecule has 0 saturated carbocycles. The summed E-state index contributed by atoms with van der Waals surface area (Å²) in [4.78, 5) is 0.748. The number of rotatable bonds is 5. The molecule has 2 aromatic rings. The van der Waals surface area contributed by atoms with Crippen molar-refractivity contribution >= 4 is 21.8 Å². The number of nitrogens with one attached hydrogen (secondary N) is 1. The third-order valence-electron chi connectivity index (χ3n) is 3.39. The predicted molar refractivity (Wildman–Crippen MR) is 94.2 cm³/mol. The number of hydrogen-bond acceptors (Lipinski definition) is 1. The van der Waals surface area contributed by atoms with E-state index in [9.17, 15) is 8.60 Å². The molecule has 0 aromatic heterocycles. The fourth-order valence-electron chi connectivity index (χ4n) is 2.18. The van der Waals surface area contributed by atoms with Gasteiger partial charge in [0.25, 0.3) is 0 Å². The van der Waals surface area contributed by atoms with Gasteiger partial charge in [-0.25, -0.2) is 8.93 Å². The molecule has 2 rings (SSSR count). The van der Waals surface area contributed by atoms with E-state index >= 15 is 0 Å². The van der Waals surface area contributed by atoms with E-state index in [1.807, 2.05) is 71.0 Å². The normalized spacial score (nSPS) is 12.6. The Labute approximate surface area is 135 Å². The first-order chi connectivity index (χ1) is 10.4. The van der Waals surface area contributed by atoms with Gasteiger partial charge in [0.2, 0.25) is 0 Å². The molecule has 0 aliphatic carbocycles. The Balaban J connectivity index is 0.00000116. The van der Waals surface area contributed by atoms with Crippen LogP contribution in [0.2, 0.25) is 0 Å². The minimum Gasteiger partial charge on any atom is -0.251 e. The maximum atomic E-state index is 12.5. The number of halogens is 1. The number of hydrogen-bond donors (Lipinski definition) is 1. The predicted octanol–water partition coefficient (Wildman–Crippen LogP) is 4.92. The molecule has 0 aliphatic heterocycles. The molecule has 1 unspecified atom stereocenters. The molecular formula is C18H26FNOS. The van der Waals surface area contributed by atoms with Gasteiger partial charge in [0.15, 0.2) is 0 Å². The Morgan fingerprint density at radius 1 is 1.09 bits per heavy atom. The van der Waals surface area contributed by atoms with Crippen LogP contribution < -0.4 is 4.72 Å². The lowest BCUT2D eigenvalue weighted by atomic mass is 10.0. The Kier molecular flexibility index (Phi) is 7.17. The van der Waals surface area contributed by atoms with Gasteiger partial charge in [0, 0.05) is 5.54 Å². The second kappa shape index (κ2) is 8.39. The average Bonchev–Trinajstić information content (AvgIpc) is 2.49. The van der Waals surface area contributed by atoms with E-state index in [-0.39, 0.29) is 0 Å². The summed E-state index contributed by atoms with van der Waals surface area (Å²) in [6, 6.07) is 11.8. The van der Waals surface area contributed by atoms with E-state index in [1.54, 1.807) is 0 Å². The van der Waals surface area contributed by atoms with Crippen LogP contribution in [-0.4, -0.2) is 16.4 Å². The lowest BCUT2D eigenvalue weighted by molar-refractivity contribution is 0.358. The lowest BCUT2D eigenvalue weighted by Gasteiger charge is -2.24. The van der Waals surface area contributed by atoms with E-state index in [4.69, 9.17) is 0 Å². The standard InChI is InChI=1S/C16H20FNOS.C2H6/c1-12-8-9-15(14-7-5-4-6-13(12)14)20(19)18-16(2,3)10-11-17;1-2/h4-9,18H,10-11H2,1-3H3;1-2H3. The third-order valence-corrected chi connectivity index (χ3v) is 4.88. The lowest BCUT2D eigenvalue weighted by Crippen LogP contribution is -2.40. The number of aryl methyl sites for hydroxylation is 1. The summed E-state index contributed by atoms with van der Waals surface area (Å²) in [5.41, 5.74) is 0.662. The summed E-state index contributed by atoms with van der Waals surface area (Å²) >= 11 is 0. The zero-order chi connectivity index (χ0) is 16.8. The molecule has 0 saturated heterocycles. The maximum absolute atomic E-state index is 12.5. The van der Waals surface area contributed by atoms with Crippen LogP contribution in [0.4, 0.5) is 4.39 Å². The van der Waals surface area contributed by atoms with Crippen LogP contribution in [-0.2, 0) is 11.0 Å². The van der Waals surface area contributed by atoms with Crippen molar-refractivity contribution in [2.45, 2.75) is 51.5 Å². The average molecular weight is 323 g/mol. The molecule has 0 heterocycles. The Hall–Kier alpha value is -1.26. The minimum absolute atomic E-state index is 0.336. The quantitative estimate of drug-likeness (QED) is 0.831. The zero-order valence-electron chi connectivity index (χ0n) is 14.1. The van der Waals surface area contributed by atoms with Gasteiger partial charge in [-0.1, -0.05) is 44.2 Å². The van der Waals surface area contributed by atoms with Crippen molar-refractivity contribution in [1.82, 2.24) is 4.72 Å². The highest BCUT2D eigenvalue weighted by atomic mass is 32.2. The smallest absolute Gasteiger partial charge is 0.126 e. The fourth-order valence-corrected chi connectivity index (χ4v) is 3.46. The molecule has 22 heavy (non-hydrogen) atoms. The summed E-state index contributed by atoms with van der Waals surface area (Å²) in [5, 5.41) is 2.08. The molecule has 2 nitrogen and oxygen atoms in total. The molecule has 0 fully saturated rings. The van der Waals surface area contributed by atoms with Gasteiger partial charge < -0.3 is 0 Å². The SMILES string of the molecule is CC.Cc1ccc(S(=O)NC(C)(C)CCF)c2ccccc12. The van der Waals surface area contributed by atoms with Gasteiger partial charge >= 0.3 is 0 Å². The fraction of sp³-hybridized carbons (Fsp3) is 0.444. The first-order valence-electron chi connectivity index (χ1n) is 7.68. The molecular weight excluding hydrogens is 297 g/mol. The van der Waals surface area contributed by atoms with Crippen molar-refractivity contribution in [3.63, 3.8) is 0 Å². The van der Waals surface area contributed by atoms with Gasteiger partial charge in [-0.3, -0.25) is 4.39 Å². The second-order valence-corrected chi connectivity index (χ2v) is 6.80. The largest absolute Gasteiger partial charge is 0.251 e. The summed E-state index contributed by atoms with van der Waals surface area (Å²) < 4.78 is 28.1. The van der Waals surface area contributed by atoms with Gasteiger partial charge in [0.1, 0.15) is 11.0 Å². The minimum atomic E-state index is -1.35. The van der Waals surface area contributed by atoms with Crippen LogP contribution in [0.15, 0.2) is 41.3 Å². The molecule has 1 atom stereocenters. The molecule has 0 spiro atoms. The van der Waals surface area contributed by atoms with E-state index in [2.05, 4.69) is 4.72 Å². The van der Waals surface area contributed by atoms with E-state index in [0.717, 1.165) is 21.2 Å². The highest BCUT2D eigenvalue weighted by Crippen LogP contribution is 2.25. The first kappa shape index (κ1) is 18.8. The van der Waals surface area contributed by atoms with Crippen molar-refractivity contribution in [3.8, 4) is 0 Å². The number of alkyl halides is 1. The highest BCUT2D eigenvalue weighted by molar-refractivity contribution is 7.83. The van der Waals surface area contributed by atoms with Crippen LogP contribution >= 0.6 is 0 Å². The molecule has 0 amide bonds. The summed E-state index contributed by atoms with van der Waals surface area (Å²) in [6.45, 7) is 9.34. The monoisotopic (exact) mass is 323 g/mol. The number of benzene rings is 2. The Morgan fingerprint density at radius 2 is 1.68 bits per heavy atom. The zero-order valence-corrected chi connectivity index (χ0v) is 14.9. The molecule has 2 aromatic carbocycles. The molecule has 122 valence electrons. The van der Waals surface area contributed by atoms with Gasteiger partial charge in [-0.2, -0.15) is 0 Å². The molecule has 1 N–H and O–H groups in total. The van der Waals surface area contributed by atoms with E-state index in [1.165, 1.54) is 0 Å². The van der Waals surface area contributed by atoms with E-state index < -0.39 is 23.2 Å². The van der Waals surface area contributed by atoms with Gasteiger partial charge in [-0.15, -0.1) is 0 Å². The van der Waals surface area contributed by atoms with Crippen molar-refractivity contribution in [3.05, 3.63) is 42.0 Å². The Bertz CT molecular complexity index is 640. The molecule has 0 aliphatic rings.